The van der Waals surface area contributed by atoms with E-state index in [0.717, 1.165) is 25.9 Å². The minimum atomic E-state index is -3.52. The molecule has 3 rings (SSSR count). The first-order valence-corrected chi connectivity index (χ1v) is 11.4. The molecule has 0 aliphatic carbocycles. The summed E-state index contributed by atoms with van der Waals surface area (Å²) in [6.45, 7) is 7.14. The van der Waals surface area contributed by atoms with Gasteiger partial charge in [-0.05, 0) is 62.8 Å². The topological polar surface area (TPSA) is 66.9 Å². The molecular weight excluding hydrogens is 364 g/mol. The average Bonchev–Trinajstić information content (AvgIpc) is 2.69. The summed E-state index contributed by atoms with van der Waals surface area (Å²) in [5.74, 6) is 1.51. The van der Waals surface area contributed by atoms with E-state index in [0.29, 0.717) is 44.2 Å². The molecule has 0 atom stereocenters. The lowest BCUT2D eigenvalue weighted by atomic mass is 9.93. The molecule has 1 aromatic rings. The molecule has 2 fully saturated rings. The van der Waals surface area contributed by atoms with Crippen molar-refractivity contribution >= 4 is 15.9 Å². The van der Waals surface area contributed by atoms with Crippen LogP contribution in [-0.2, 0) is 14.8 Å². The van der Waals surface area contributed by atoms with Crippen molar-refractivity contribution in [2.45, 2.75) is 44.4 Å². The molecule has 0 N–H and O–H groups in total. The Labute approximate surface area is 162 Å². The number of carbonyl (C=O) groups is 1. The highest BCUT2D eigenvalue weighted by Crippen LogP contribution is 2.27. The Kier molecular flexibility index (Phi) is 6.42. The molecule has 2 aliphatic heterocycles. The highest BCUT2D eigenvalue weighted by atomic mass is 32.2. The van der Waals surface area contributed by atoms with Crippen LogP contribution in [0.4, 0.5) is 0 Å². The Morgan fingerprint density at radius 3 is 2.19 bits per heavy atom. The number of hydrogen-bond donors (Lipinski definition) is 0. The zero-order valence-electron chi connectivity index (χ0n) is 16.3. The largest absolute Gasteiger partial charge is 0.494 e. The van der Waals surface area contributed by atoms with Gasteiger partial charge in [0, 0.05) is 32.1 Å². The maximum Gasteiger partial charge on any atom is 0.243 e. The van der Waals surface area contributed by atoms with E-state index in [1.807, 2.05) is 11.8 Å². The average molecular weight is 395 g/mol. The number of rotatable bonds is 5. The summed E-state index contributed by atoms with van der Waals surface area (Å²) < 4.78 is 32.6. The molecule has 0 radical (unpaired) electrons. The van der Waals surface area contributed by atoms with Gasteiger partial charge in [-0.2, -0.15) is 4.31 Å². The molecule has 150 valence electrons. The summed E-state index contributed by atoms with van der Waals surface area (Å²) in [5, 5.41) is 0. The van der Waals surface area contributed by atoms with Crippen LogP contribution in [0.3, 0.4) is 0 Å². The summed E-state index contributed by atoms with van der Waals surface area (Å²) in [6, 6.07) is 6.55. The summed E-state index contributed by atoms with van der Waals surface area (Å²) >= 11 is 0. The highest BCUT2D eigenvalue weighted by Gasteiger charge is 2.34. The second-order valence-electron chi connectivity index (χ2n) is 7.59. The number of ether oxygens (including phenoxy) is 1. The first kappa shape index (κ1) is 20.1. The van der Waals surface area contributed by atoms with Gasteiger partial charge in [0.15, 0.2) is 0 Å². The SMILES string of the molecule is CCOc1ccc(S(=O)(=O)N2CCC(C(=O)N3CCC(C)CC3)CC2)cc1. The zero-order valence-corrected chi connectivity index (χ0v) is 17.1. The monoisotopic (exact) mass is 394 g/mol. The predicted molar refractivity (Wildman–Crippen MR) is 104 cm³/mol. The fraction of sp³-hybridized carbons (Fsp3) is 0.650. The van der Waals surface area contributed by atoms with Crippen molar-refractivity contribution in [1.29, 1.82) is 0 Å². The van der Waals surface area contributed by atoms with Gasteiger partial charge in [-0.15, -0.1) is 0 Å². The first-order chi connectivity index (χ1) is 12.9. The molecular formula is C20H30N2O4S. The maximum atomic E-state index is 12.9. The molecule has 1 amide bonds. The second-order valence-corrected chi connectivity index (χ2v) is 9.53. The maximum absolute atomic E-state index is 12.9. The highest BCUT2D eigenvalue weighted by molar-refractivity contribution is 7.89. The molecule has 0 spiro atoms. The van der Waals surface area contributed by atoms with Crippen molar-refractivity contribution in [2.24, 2.45) is 11.8 Å². The normalized spacial score (nSPS) is 20.6. The van der Waals surface area contributed by atoms with Gasteiger partial charge < -0.3 is 9.64 Å². The molecule has 0 bridgehead atoms. The Morgan fingerprint density at radius 1 is 1.04 bits per heavy atom. The number of benzene rings is 1. The summed E-state index contributed by atoms with van der Waals surface area (Å²) in [4.78, 5) is 15.0. The van der Waals surface area contributed by atoms with E-state index < -0.39 is 10.0 Å². The van der Waals surface area contributed by atoms with E-state index in [1.54, 1.807) is 24.3 Å². The van der Waals surface area contributed by atoms with Crippen LogP contribution in [0.2, 0.25) is 0 Å². The van der Waals surface area contributed by atoms with Crippen LogP contribution in [-0.4, -0.2) is 56.3 Å². The lowest BCUT2D eigenvalue weighted by Crippen LogP contribution is -2.46. The first-order valence-electron chi connectivity index (χ1n) is 9.93. The van der Waals surface area contributed by atoms with Crippen LogP contribution >= 0.6 is 0 Å². The van der Waals surface area contributed by atoms with Crippen molar-refractivity contribution < 1.29 is 17.9 Å². The Balaban J connectivity index is 1.58. The zero-order chi connectivity index (χ0) is 19.4. The number of hydrogen-bond acceptors (Lipinski definition) is 4. The van der Waals surface area contributed by atoms with Gasteiger partial charge in [-0.25, -0.2) is 8.42 Å². The van der Waals surface area contributed by atoms with Gasteiger partial charge in [0.1, 0.15) is 5.75 Å². The minimum absolute atomic E-state index is 0.0508. The van der Waals surface area contributed by atoms with E-state index in [2.05, 4.69) is 6.92 Å². The van der Waals surface area contributed by atoms with Gasteiger partial charge in [0.25, 0.3) is 0 Å². The summed E-state index contributed by atoms with van der Waals surface area (Å²) in [5.41, 5.74) is 0. The van der Waals surface area contributed by atoms with E-state index in [1.165, 1.54) is 4.31 Å². The van der Waals surface area contributed by atoms with Crippen molar-refractivity contribution in [3.63, 3.8) is 0 Å². The summed E-state index contributed by atoms with van der Waals surface area (Å²) in [6.07, 6.45) is 3.33. The van der Waals surface area contributed by atoms with Crippen LogP contribution in [0, 0.1) is 11.8 Å². The van der Waals surface area contributed by atoms with Gasteiger partial charge in [0.05, 0.1) is 11.5 Å². The van der Waals surface area contributed by atoms with Crippen molar-refractivity contribution in [1.82, 2.24) is 9.21 Å². The van der Waals surface area contributed by atoms with Gasteiger partial charge >= 0.3 is 0 Å². The van der Waals surface area contributed by atoms with Crippen LogP contribution in [0.15, 0.2) is 29.2 Å². The van der Waals surface area contributed by atoms with Crippen LogP contribution in [0.1, 0.15) is 39.5 Å². The van der Waals surface area contributed by atoms with Crippen molar-refractivity contribution in [3.05, 3.63) is 24.3 Å². The molecule has 27 heavy (non-hydrogen) atoms. The molecule has 6 nitrogen and oxygen atoms in total. The van der Waals surface area contributed by atoms with E-state index in [9.17, 15) is 13.2 Å². The van der Waals surface area contributed by atoms with E-state index in [4.69, 9.17) is 4.74 Å². The van der Waals surface area contributed by atoms with Crippen molar-refractivity contribution in [2.75, 3.05) is 32.8 Å². The van der Waals surface area contributed by atoms with Gasteiger partial charge in [0.2, 0.25) is 15.9 Å². The van der Waals surface area contributed by atoms with Crippen molar-refractivity contribution in [3.8, 4) is 5.75 Å². The number of likely N-dealkylation sites (tertiary alicyclic amines) is 1. The molecule has 2 saturated heterocycles. The number of amides is 1. The number of carbonyl (C=O) groups excluding carboxylic acids is 1. The minimum Gasteiger partial charge on any atom is -0.494 e. The Hall–Kier alpha value is -1.60. The molecule has 2 aliphatic rings. The number of sulfonamides is 1. The predicted octanol–water partition coefficient (Wildman–Crippen LogP) is 2.74. The third-order valence-corrected chi connectivity index (χ3v) is 7.58. The Morgan fingerprint density at radius 2 is 1.63 bits per heavy atom. The molecule has 2 heterocycles. The third kappa shape index (κ3) is 4.63. The number of piperidine rings is 2. The second kappa shape index (κ2) is 8.61. The molecule has 1 aromatic carbocycles. The third-order valence-electron chi connectivity index (χ3n) is 5.67. The lowest BCUT2D eigenvalue weighted by Gasteiger charge is -2.36. The molecule has 0 saturated carbocycles. The fourth-order valence-corrected chi connectivity index (χ4v) is 5.32. The van der Waals surface area contributed by atoms with Crippen LogP contribution in [0.25, 0.3) is 0 Å². The summed E-state index contributed by atoms with van der Waals surface area (Å²) in [7, 11) is -3.52. The smallest absolute Gasteiger partial charge is 0.243 e. The number of nitrogens with zero attached hydrogens (tertiary/aromatic N) is 2. The van der Waals surface area contributed by atoms with Gasteiger partial charge in [-0.3, -0.25) is 4.79 Å². The molecule has 7 heteroatoms. The lowest BCUT2D eigenvalue weighted by molar-refractivity contribution is -0.138. The van der Waals surface area contributed by atoms with Gasteiger partial charge in [-0.1, -0.05) is 6.92 Å². The molecule has 0 unspecified atom stereocenters. The van der Waals surface area contributed by atoms with E-state index in [-0.39, 0.29) is 16.7 Å². The quantitative estimate of drug-likeness (QED) is 0.770. The fourth-order valence-electron chi connectivity index (χ4n) is 3.85. The molecule has 0 aromatic heterocycles. The van der Waals surface area contributed by atoms with Crippen LogP contribution in [0.5, 0.6) is 5.75 Å². The van der Waals surface area contributed by atoms with E-state index >= 15 is 0 Å². The standard InChI is InChI=1S/C20H30N2O4S/c1-3-26-18-4-6-19(7-5-18)27(24,25)22-14-10-17(11-15-22)20(23)21-12-8-16(2)9-13-21/h4-7,16-17H,3,8-15H2,1-2H3. The van der Waals surface area contributed by atoms with Crippen LogP contribution < -0.4 is 4.74 Å². The Bertz CT molecular complexity index is 732.